The Bertz CT molecular complexity index is 868. The fraction of sp³-hybridized carbons (Fsp3) is 0.625. The summed E-state index contributed by atoms with van der Waals surface area (Å²) in [5.74, 6) is 1.13. The van der Waals surface area contributed by atoms with Crippen LogP contribution in [0.5, 0.6) is 0 Å². The predicted octanol–water partition coefficient (Wildman–Crippen LogP) is 5.92. The number of thiophene rings is 1. The number of thioether (sulfide) groups is 1. The van der Waals surface area contributed by atoms with Crippen molar-refractivity contribution in [3.63, 3.8) is 0 Å². The van der Waals surface area contributed by atoms with Crippen molar-refractivity contribution in [2.45, 2.75) is 94.0 Å². The second kappa shape index (κ2) is 11.3. The number of hydrogen-bond acceptors (Lipinski definition) is 5. The summed E-state index contributed by atoms with van der Waals surface area (Å²) in [6.45, 7) is 2.72. The van der Waals surface area contributed by atoms with Crippen LogP contribution in [0.25, 0.3) is 0 Å². The third kappa shape index (κ3) is 6.22. The molecule has 1 saturated carbocycles. The average Bonchev–Trinajstić information content (AvgIpc) is 3.45. The molecule has 0 saturated heterocycles. The zero-order valence-electron chi connectivity index (χ0n) is 18.5. The maximum absolute atomic E-state index is 12.7. The first-order valence-electron chi connectivity index (χ1n) is 11.8. The molecule has 1 unspecified atom stereocenters. The van der Waals surface area contributed by atoms with Crippen molar-refractivity contribution in [3.05, 3.63) is 39.9 Å². The van der Waals surface area contributed by atoms with E-state index in [2.05, 4.69) is 43.7 Å². The van der Waals surface area contributed by atoms with Crippen LogP contribution in [0, 0.1) is 0 Å². The molecular weight excluding hydrogens is 424 g/mol. The first kappa shape index (κ1) is 22.6. The molecule has 1 amide bonds. The van der Waals surface area contributed by atoms with Crippen LogP contribution in [-0.2, 0) is 11.2 Å². The lowest BCUT2D eigenvalue weighted by Crippen LogP contribution is -2.32. The average molecular weight is 459 g/mol. The highest BCUT2D eigenvalue weighted by molar-refractivity contribution is 8.00. The standard InChI is InChI=1S/C24H34N4OS2/c1-18(23(29)25-15-14-19-9-4-2-5-10-19)31-24-27-26-22(17-21-13-8-16-30-21)28(24)20-11-6-3-7-12-20/h8-9,13,16,18,20H,2-7,10-12,14-15,17H2,1H3,(H,25,29). The Morgan fingerprint density at radius 2 is 2.13 bits per heavy atom. The van der Waals surface area contributed by atoms with Gasteiger partial charge in [-0.15, -0.1) is 21.5 Å². The van der Waals surface area contributed by atoms with Gasteiger partial charge < -0.3 is 9.88 Å². The first-order valence-corrected chi connectivity index (χ1v) is 13.5. The Hall–Kier alpha value is -1.60. The molecule has 0 aliphatic heterocycles. The topological polar surface area (TPSA) is 59.8 Å². The smallest absolute Gasteiger partial charge is 0.233 e. The van der Waals surface area contributed by atoms with E-state index < -0.39 is 0 Å². The van der Waals surface area contributed by atoms with Gasteiger partial charge in [-0.1, -0.05) is 48.7 Å². The van der Waals surface area contributed by atoms with Crippen molar-refractivity contribution in [2.24, 2.45) is 0 Å². The second-order valence-corrected chi connectivity index (χ2v) is 11.1. The number of carbonyl (C=O) groups is 1. The molecule has 1 N–H and O–H groups in total. The van der Waals surface area contributed by atoms with Gasteiger partial charge in [-0.3, -0.25) is 4.79 Å². The molecular formula is C24H34N4OS2. The van der Waals surface area contributed by atoms with E-state index in [0.717, 1.165) is 30.4 Å². The fourth-order valence-electron chi connectivity index (χ4n) is 4.62. The van der Waals surface area contributed by atoms with E-state index in [-0.39, 0.29) is 11.2 Å². The van der Waals surface area contributed by atoms with Crippen molar-refractivity contribution < 1.29 is 4.79 Å². The summed E-state index contributed by atoms with van der Waals surface area (Å²) in [6.07, 6.45) is 15.3. The van der Waals surface area contributed by atoms with Gasteiger partial charge in [-0.25, -0.2) is 0 Å². The van der Waals surface area contributed by atoms with Gasteiger partial charge in [0.2, 0.25) is 5.91 Å². The molecule has 0 radical (unpaired) electrons. The maximum atomic E-state index is 12.7. The van der Waals surface area contributed by atoms with Gasteiger partial charge in [-0.2, -0.15) is 0 Å². The highest BCUT2D eigenvalue weighted by atomic mass is 32.2. The van der Waals surface area contributed by atoms with Crippen molar-refractivity contribution in [1.82, 2.24) is 20.1 Å². The lowest BCUT2D eigenvalue weighted by Gasteiger charge is -2.26. The number of hydrogen-bond donors (Lipinski definition) is 1. The molecule has 2 aromatic rings. The van der Waals surface area contributed by atoms with E-state index in [4.69, 9.17) is 0 Å². The summed E-state index contributed by atoms with van der Waals surface area (Å²) in [7, 11) is 0. The van der Waals surface area contributed by atoms with Gasteiger partial charge in [0, 0.05) is 23.9 Å². The van der Waals surface area contributed by atoms with Crippen molar-refractivity contribution in [1.29, 1.82) is 0 Å². The zero-order valence-corrected chi connectivity index (χ0v) is 20.1. The molecule has 0 spiro atoms. The zero-order chi connectivity index (χ0) is 21.5. The van der Waals surface area contributed by atoms with Crippen LogP contribution in [0.1, 0.15) is 87.9 Å². The SMILES string of the molecule is CC(Sc1nnc(Cc2cccs2)n1C1CCCCC1)C(=O)NCCC1=CCCCC1. The number of amides is 1. The summed E-state index contributed by atoms with van der Waals surface area (Å²) in [6, 6.07) is 4.71. The molecule has 2 heterocycles. The Balaban J connectivity index is 1.39. The number of nitrogens with one attached hydrogen (secondary N) is 1. The molecule has 168 valence electrons. The molecule has 2 aliphatic rings. The normalized spacial score (nSPS) is 18.5. The summed E-state index contributed by atoms with van der Waals surface area (Å²) in [5, 5.41) is 15.1. The molecule has 5 nitrogen and oxygen atoms in total. The van der Waals surface area contributed by atoms with Crippen LogP contribution in [-0.4, -0.2) is 32.5 Å². The van der Waals surface area contributed by atoms with Crippen molar-refractivity contribution >= 4 is 29.0 Å². The lowest BCUT2D eigenvalue weighted by atomic mass is 9.95. The minimum Gasteiger partial charge on any atom is -0.355 e. The van der Waals surface area contributed by atoms with Crippen LogP contribution in [0.3, 0.4) is 0 Å². The first-order chi connectivity index (χ1) is 15.2. The Morgan fingerprint density at radius 1 is 1.26 bits per heavy atom. The van der Waals surface area contributed by atoms with Crippen LogP contribution < -0.4 is 5.32 Å². The largest absolute Gasteiger partial charge is 0.355 e. The van der Waals surface area contributed by atoms with Crippen molar-refractivity contribution in [3.8, 4) is 0 Å². The molecule has 2 aromatic heterocycles. The van der Waals surface area contributed by atoms with E-state index in [9.17, 15) is 4.79 Å². The third-order valence-corrected chi connectivity index (χ3v) is 8.30. The van der Waals surface area contributed by atoms with Gasteiger partial charge in [0.1, 0.15) is 5.82 Å². The second-order valence-electron chi connectivity index (χ2n) is 8.73. The predicted molar refractivity (Wildman–Crippen MR) is 129 cm³/mol. The highest BCUT2D eigenvalue weighted by Gasteiger charge is 2.26. The van der Waals surface area contributed by atoms with E-state index in [1.165, 1.54) is 68.2 Å². The highest BCUT2D eigenvalue weighted by Crippen LogP contribution is 2.34. The van der Waals surface area contributed by atoms with Crippen LogP contribution in [0.4, 0.5) is 0 Å². The number of rotatable bonds is 9. The number of nitrogens with zero attached hydrogens (tertiary/aromatic N) is 3. The molecule has 7 heteroatoms. The summed E-state index contributed by atoms with van der Waals surface area (Å²) < 4.78 is 2.35. The maximum Gasteiger partial charge on any atom is 0.233 e. The third-order valence-electron chi connectivity index (χ3n) is 6.37. The molecule has 4 rings (SSSR count). The van der Waals surface area contributed by atoms with E-state index in [0.29, 0.717) is 6.04 Å². The van der Waals surface area contributed by atoms with Gasteiger partial charge in [0.25, 0.3) is 0 Å². The minimum atomic E-state index is -0.179. The molecule has 0 aromatic carbocycles. The van der Waals surface area contributed by atoms with E-state index in [1.54, 1.807) is 23.1 Å². The van der Waals surface area contributed by atoms with E-state index in [1.807, 2.05) is 6.92 Å². The lowest BCUT2D eigenvalue weighted by molar-refractivity contribution is -0.120. The minimum absolute atomic E-state index is 0.0967. The Labute approximate surface area is 194 Å². The van der Waals surface area contributed by atoms with Crippen molar-refractivity contribution in [2.75, 3.05) is 6.54 Å². The van der Waals surface area contributed by atoms with Gasteiger partial charge >= 0.3 is 0 Å². The van der Waals surface area contributed by atoms with E-state index >= 15 is 0 Å². The quantitative estimate of drug-likeness (QED) is 0.374. The summed E-state index contributed by atoms with van der Waals surface area (Å²) in [5.41, 5.74) is 1.50. The molecule has 0 bridgehead atoms. The monoisotopic (exact) mass is 458 g/mol. The Kier molecular flexibility index (Phi) is 8.25. The molecule has 2 aliphatic carbocycles. The number of aromatic nitrogens is 3. The van der Waals surface area contributed by atoms with Crippen LogP contribution in [0.2, 0.25) is 0 Å². The number of carbonyl (C=O) groups excluding carboxylic acids is 1. The van der Waals surface area contributed by atoms with Gasteiger partial charge in [0.05, 0.1) is 5.25 Å². The summed E-state index contributed by atoms with van der Waals surface area (Å²) in [4.78, 5) is 14.0. The van der Waals surface area contributed by atoms with Gasteiger partial charge in [-0.05, 0) is 63.3 Å². The van der Waals surface area contributed by atoms with Crippen LogP contribution >= 0.6 is 23.1 Å². The molecule has 1 fully saturated rings. The van der Waals surface area contributed by atoms with Crippen LogP contribution in [0.15, 0.2) is 34.3 Å². The fourth-order valence-corrected chi connectivity index (χ4v) is 6.28. The molecule has 31 heavy (non-hydrogen) atoms. The number of allylic oxidation sites excluding steroid dienone is 1. The van der Waals surface area contributed by atoms with Gasteiger partial charge in [0.15, 0.2) is 5.16 Å². The molecule has 1 atom stereocenters. The summed E-state index contributed by atoms with van der Waals surface area (Å²) >= 11 is 3.32. The Morgan fingerprint density at radius 3 is 2.87 bits per heavy atom.